The van der Waals surface area contributed by atoms with Gasteiger partial charge in [0.2, 0.25) is 0 Å². The first-order valence-corrected chi connectivity index (χ1v) is 6.91. The Morgan fingerprint density at radius 1 is 1.45 bits per heavy atom. The predicted octanol–water partition coefficient (Wildman–Crippen LogP) is 2.60. The van der Waals surface area contributed by atoms with Gasteiger partial charge in [-0.15, -0.1) is 0 Å². The van der Waals surface area contributed by atoms with Crippen molar-refractivity contribution in [3.05, 3.63) is 30.1 Å². The fraction of sp³-hybridized carbons (Fsp3) is 0.533. The van der Waals surface area contributed by atoms with Crippen molar-refractivity contribution in [3.8, 4) is 5.75 Å². The molecule has 1 saturated heterocycles. The summed E-state index contributed by atoms with van der Waals surface area (Å²) in [6.45, 7) is 1.90. The molecule has 0 spiro atoms. The number of nitrogens with zero attached hydrogens (tertiary/aromatic N) is 2. The quantitative estimate of drug-likeness (QED) is 0.852. The Bertz CT molecular complexity index is 465. The van der Waals surface area contributed by atoms with E-state index in [9.17, 15) is 9.18 Å². The van der Waals surface area contributed by atoms with Crippen molar-refractivity contribution >= 4 is 6.03 Å². The molecule has 1 unspecified atom stereocenters. The van der Waals surface area contributed by atoms with Gasteiger partial charge in [0, 0.05) is 33.1 Å². The molecule has 1 aromatic rings. The molecule has 0 bridgehead atoms. The Hall–Kier alpha value is -1.78. The summed E-state index contributed by atoms with van der Waals surface area (Å²) < 4.78 is 19.0. The molecule has 1 aliphatic heterocycles. The minimum absolute atomic E-state index is 0.0283. The van der Waals surface area contributed by atoms with Gasteiger partial charge in [0.1, 0.15) is 0 Å². The SMILES string of the molecule is CN(C)C(=O)N1CCCC(COc2ccccc2F)C1. The Balaban J connectivity index is 1.87. The van der Waals surface area contributed by atoms with E-state index >= 15 is 0 Å². The van der Waals surface area contributed by atoms with E-state index in [1.165, 1.54) is 6.07 Å². The summed E-state index contributed by atoms with van der Waals surface area (Å²) >= 11 is 0. The molecule has 1 heterocycles. The molecular weight excluding hydrogens is 259 g/mol. The topological polar surface area (TPSA) is 32.8 Å². The molecule has 1 fully saturated rings. The number of hydrogen-bond acceptors (Lipinski definition) is 2. The number of carbonyl (C=O) groups excluding carboxylic acids is 1. The molecule has 0 aromatic heterocycles. The van der Waals surface area contributed by atoms with E-state index in [1.54, 1.807) is 37.2 Å². The third-order valence-electron chi connectivity index (χ3n) is 3.48. The first-order chi connectivity index (χ1) is 9.58. The first kappa shape index (κ1) is 14.6. The summed E-state index contributed by atoms with van der Waals surface area (Å²) in [4.78, 5) is 15.3. The van der Waals surface area contributed by atoms with Crippen LogP contribution >= 0.6 is 0 Å². The highest BCUT2D eigenvalue weighted by Gasteiger charge is 2.25. The van der Waals surface area contributed by atoms with Gasteiger partial charge in [0.15, 0.2) is 11.6 Å². The maximum Gasteiger partial charge on any atom is 0.319 e. The van der Waals surface area contributed by atoms with Crippen molar-refractivity contribution in [1.82, 2.24) is 9.80 Å². The molecule has 2 amide bonds. The monoisotopic (exact) mass is 280 g/mol. The van der Waals surface area contributed by atoms with E-state index in [0.29, 0.717) is 13.2 Å². The Morgan fingerprint density at radius 3 is 2.90 bits per heavy atom. The minimum Gasteiger partial charge on any atom is -0.490 e. The standard InChI is InChI=1S/C15H21FN2O2/c1-17(2)15(19)18-9-5-6-12(10-18)11-20-14-8-4-3-7-13(14)16/h3-4,7-8,12H,5-6,9-11H2,1-2H3. The third kappa shape index (κ3) is 3.62. The Morgan fingerprint density at radius 2 is 2.20 bits per heavy atom. The first-order valence-electron chi connectivity index (χ1n) is 6.91. The molecule has 110 valence electrons. The van der Waals surface area contributed by atoms with E-state index in [1.807, 2.05) is 4.90 Å². The van der Waals surface area contributed by atoms with Gasteiger partial charge in [0.25, 0.3) is 0 Å². The average Bonchev–Trinajstić information content (AvgIpc) is 2.46. The molecule has 20 heavy (non-hydrogen) atoms. The molecule has 1 aromatic carbocycles. The van der Waals surface area contributed by atoms with Gasteiger partial charge < -0.3 is 14.5 Å². The molecule has 0 radical (unpaired) electrons. The number of urea groups is 1. The summed E-state index contributed by atoms with van der Waals surface area (Å²) in [5.41, 5.74) is 0. The van der Waals surface area contributed by atoms with Crippen molar-refractivity contribution in [1.29, 1.82) is 0 Å². The zero-order valence-electron chi connectivity index (χ0n) is 12.0. The van der Waals surface area contributed by atoms with Gasteiger partial charge in [-0.2, -0.15) is 0 Å². The Labute approximate surface area is 119 Å². The van der Waals surface area contributed by atoms with Crippen molar-refractivity contribution in [2.45, 2.75) is 12.8 Å². The number of rotatable bonds is 3. The van der Waals surface area contributed by atoms with E-state index in [2.05, 4.69) is 0 Å². The van der Waals surface area contributed by atoms with Gasteiger partial charge in [-0.25, -0.2) is 9.18 Å². The van der Waals surface area contributed by atoms with Crippen LogP contribution in [0, 0.1) is 11.7 Å². The molecule has 0 saturated carbocycles. The number of para-hydroxylation sites is 1. The van der Waals surface area contributed by atoms with Gasteiger partial charge in [-0.05, 0) is 25.0 Å². The van der Waals surface area contributed by atoms with Crippen LogP contribution in [0.5, 0.6) is 5.75 Å². The van der Waals surface area contributed by atoms with E-state index in [4.69, 9.17) is 4.74 Å². The summed E-state index contributed by atoms with van der Waals surface area (Å²) in [5.74, 6) is 0.195. The van der Waals surface area contributed by atoms with Gasteiger partial charge in [-0.1, -0.05) is 12.1 Å². The number of halogens is 1. The maximum absolute atomic E-state index is 13.5. The lowest BCUT2D eigenvalue weighted by Gasteiger charge is -2.34. The second-order valence-electron chi connectivity index (χ2n) is 5.37. The number of benzene rings is 1. The zero-order valence-corrected chi connectivity index (χ0v) is 12.0. The van der Waals surface area contributed by atoms with Crippen LogP contribution < -0.4 is 4.74 Å². The summed E-state index contributed by atoms with van der Waals surface area (Å²) in [5, 5.41) is 0. The largest absolute Gasteiger partial charge is 0.490 e. The summed E-state index contributed by atoms with van der Waals surface area (Å²) in [6.07, 6.45) is 1.97. The second-order valence-corrected chi connectivity index (χ2v) is 5.37. The van der Waals surface area contributed by atoms with Crippen LogP contribution in [0.2, 0.25) is 0 Å². The van der Waals surface area contributed by atoms with E-state index < -0.39 is 0 Å². The van der Waals surface area contributed by atoms with Crippen LogP contribution in [0.4, 0.5) is 9.18 Å². The Kier molecular flexibility index (Phi) is 4.82. The van der Waals surface area contributed by atoms with Gasteiger partial charge in [0.05, 0.1) is 6.61 Å². The minimum atomic E-state index is -0.343. The average molecular weight is 280 g/mol. The smallest absolute Gasteiger partial charge is 0.319 e. The second kappa shape index (κ2) is 6.59. The van der Waals surface area contributed by atoms with Crippen LogP contribution in [-0.2, 0) is 0 Å². The normalized spacial score (nSPS) is 18.8. The highest BCUT2D eigenvalue weighted by atomic mass is 19.1. The van der Waals surface area contributed by atoms with Crippen LogP contribution in [0.25, 0.3) is 0 Å². The molecule has 0 N–H and O–H groups in total. The van der Waals surface area contributed by atoms with Crippen LogP contribution in [0.1, 0.15) is 12.8 Å². The lowest BCUT2D eigenvalue weighted by atomic mass is 9.99. The molecule has 0 aliphatic carbocycles. The lowest BCUT2D eigenvalue weighted by molar-refractivity contribution is 0.121. The van der Waals surface area contributed by atoms with Crippen LogP contribution in [0.3, 0.4) is 0 Å². The predicted molar refractivity (Wildman–Crippen MR) is 75.3 cm³/mol. The van der Waals surface area contributed by atoms with Gasteiger partial charge >= 0.3 is 6.03 Å². The zero-order chi connectivity index (χ0) is 14.5. The summed E-state index contributed by atoms with van der Waals surface area (Å²) in [7, 11) is 3.50. The molecular formula is C15H21FN2O2. The van der Waals surface area contributed by atoms with Crippen LogP contribution in [0.15, 0.2) is 24.3 Å². The van der Waals surface area contributed by atoms with Crippen molar-refractivity contribution in [2.24, 2.45) is 5.92 Å². The molecule has 1 atom stereocenters. The van der Waals surface area contributed by atoms with Crippen molar-refractivity contribution in [2.75, 3.05) is 33.8 Å². The summed E-state index contributed by atoms with van der Waals surface area (Å²) in [6, 6.07) is 6.43. The lowest BCUT2D eigenvalue weighted by Crippen LogP contribution is -2.46. The van der Waals surface area contributed by atoms with Crippen molar-refractivity contribution < 1.29 is 13.9 Å². The highest BCUT2D eigenvalue weighted by molar-refractivity contribution is 5.73. The molecule has 2 rings (SSSR count). The number of carbonyl (C=O) groups is 1. The number of likely N-dealkylation sites (tertiary alicyclic amines) is 1. The van der Waals surface area contributed by atoms with Crippen molar-refractivity contribution in [3.63, 3.8) is 0 Å². The van der Waals surface area contributed by atoms with Crippen LogP contribution in [-0.4, -0.2) is 49.6 Å². The number of ether oxygens (including phenoxy) is 1. The van der Waals surface area contributed by atoms with Gasteiger partial charge in [-0.3, -0.25) is 0 Å². The third-order valence-corrected chi connectivity index (χ3v) is 3.48. The molecule has 1 aliphatic rings. The number of hydrogen-bond donors (Lipinski definition) is 0. The highest BCUT2D eigenvalue weighted by Crippen LogP contribution is 2.21. The van der Waals surface area contributed by atoms with E-state index in [-0.39, 0.29) is 23.5 Å². The molecule has 5 heteroatoms. The maximum atomic E-state index is 13.5. The fourth-order valence-electron chi connectivity index (χ4n) is 2.43. The number of piperidine rings is 1. The molecule has 4 nitrogen and oxygen atoms in total. The number of amides is 2. The van der Waals surface area contributed by atoms with E-state index in [0.717, 1.165) is 19.4 Å². The fourth-order valence-corrected chi connectivity index (χ4v) is 2.43.